The highest BCUT2D eigenvalue weighted by atomic mass is 35.5. The molecule has 2 rings (SSSR count). The first kappa shape index (κ1) is 17.5. The summed E-state index contributed by atoms with van der Waals surface area (Å²) in [7, 11) is 0. The van der Waals surface area contributed by atoms with Crippen LogP contribution in [0.3, 0.4) is 0 Å². The summed E-state index contributed by atoms with van der Waals surface area (Å²) in [5, 5.41) is 11.8. The van der Waals surface area contributed by atoms with Crippen LogP contribution in [0.1, 0.15) is 17.5 Å². The van der Waals surface area contributed by atoms with Gasteiger partial charge in [0.25, 0.3) is 0 Å². The Kier molecular flexibility index (Phi) is 6.18. The van der Waals surface area contributed by atoms with Crippen molar-refractivity contribution in [1.82, 2.24) is 4.90 Å². The number of carboxylic acids is 1. The molecule has 1 unspecified atom stereocenters. The van der Waals surface area contributed by atoms with Crippen LogP contribution in [0.15, 0.2) is 18.2 Å². The Morgan fingerprint density at radius 1 is 1.38 bits per heavy atom. The van der Waals surface area contributed by atoms with E-state index in [0.717, 1.165) is 16.8 Å². The molecule has 1 aliphatic heterocycles. The van der Waals surface area contributed by atoms with Gasteiger partial charge in [-0.25, -0.2) is 0 Å². The minimum Gasteiger partial charge on any atom is -0.481 e. The lowest BCUT2D eigenvalue weighted by molar-refractivity contribution is -0.141. The molecule has 1 atom stereocenters. The third-order valence-corrected chi connectivity index (χ3v) is 3.87. The number of carbonyl (C=O) groups is 2. The molecule has 2 N–H and O–H groups in total. The van der Waals surface area contributed by atoms with Crippen LogP contribution < -0.4 is 5.32 Å². The van der Waals surface area contributed by atoms with Crippen molar-refractivity contribution in [3.05, 3.63) is 29.3 Å². The lowest BCUT2D eigenvalue weighted by Gasteiger charge is -2.16. The summed E-state index contributed by atoms with van der Waals surface area (Å²) in [6.07, 6.45) is 0.617. The molecule has 5 nitrogen and oxygen atoms in total. The second kappa shape index (κ2) is 7.43. The number of aryl methyl sites for hydroxylation is 1. The highest BCUT2D eigenvalue weighted by Gasteiger charge is 2.28. The number of benzene rings is 1. The van der Waals surface area contributed by atoms with Gasteiger partial charge < -0.3 is 10.4 Å². The normalized spacial score (nSPS) is 18.1. The topological polar surface area (TPSA) is 69.6 Å². The van der Waals surface area contributed by atoms with E-state index in [9.17, 15) is 9.59 Å². The summed E-state index contributed by atoms with van der Waals surface area (Å²) < 4.78 is 0. The molecule has 0 aromatic heterocycles. The van der Waals surface area contributed by atoms with Crippen LogP contribution >= 0.6 is 12.4 Å². The van der Waals surface area contributed by atoms with Crippen molar-refractivity contribution in [2.24, 2.45) is 5.92 Å². The van der Waals surface area contributed by atoms with Gasteiger partial charge >= 0.3 is 5.97 Å². The van der Waals surface area contributed by atoms with Crippen molar-refractivity contribution in [2.75, 3.05) is 25.0 Å². The van der Waals surface area contributed by atoms with Crippen molar-refractivity contribution in [2.45, 2.75) is 20.3 Å². The van der Waals surface area contributed by atoms with Crippen LogP contribution in [0.2, 0.25) is 0 Å². The van der Waals surface area contributed by atoms with Crippen LogP contribution in [0.25, 0.3) is 0 Å². The number of hydrogen-bond donors (Lipinski definition) is 2. The van der Waals surface area contributed by atoms with Gasteiger partial charge in [0.2, 0.25) is 5.91 Å². The molecule has 1 amide bonds. The van der Waals surface area contributed by atoms with Gasteiger partial charge in [-0.2, -0.15) is 0 Å². The molecule has 0 spiro atoms. The van der Waals surface area contributed by atoms with E-state index >= 15 is 0 Å². The van der Waals surface area contributed by atoms with Gasteiger partial charge in [0, 0.05) is 12.2 Å². The number of rotatable bonds is 4. The quantitative estimate of drug-likeness (QED) is 0.893. The van der Waals surface area contributed by atoms with E-state index in [4.69, 9.17) is 5.11 Å². The molecular weight excluding hydrogens is 292 g/mol. The molecule has 6 heteroatoms. The Labute approximate surface area is 130 Å². The number of likely N-dealkylation sites (tertiary alicyclic amines) is 1. The van der Waals surface area contributed by atoms with Crippen molar-refractivity contribution in [1.29, 1.82) is 0 Å². The molecule has 1 aromatic carbocycles. The molecule has 0 bridgehead atoms. The average molecular weight is 313 g/mol. The van der Waals surface area contributed by atoms with Gasteiger partial charge in [-0.1, -0.05) is 12.1 Å². The zero-order valence-electron chi connectivity index (χ0n) is 12.3. The number of carboxylic acid groups (broad SMARTS) is 1. The van der Waals surface area contributed by atoms with Gasteiger partial charge in [-0.15, -0.1) is 12.4 Å². The van der Waals surface area contributed by atoms with Crippen LogP contribution in [-0.2, 0) is 9.59 Å². The minimum absolute atomic E-state index is 0. The Morgan fingerprint density at radius 2 is 2.10 bits per heavy atom. The summed E-state index contributed by atoms with van der Waals surface area (Å²) in [4.78, 5) is 24.8. The number of anilines is 1. The van der Waals surface area contributed by atoms with Gasteiger partial charge in [0.1, 0.15) is 0 Å². The number of hydrogen-bond acceptors (Lipinski definition) is 3. The Morgan fingerprint density at radius 3 is 2.71 bits per heavy atom. The van der Waals surface area contributed by atoms with Gasteiger partial charge in [0.15, 0.2) is 0 Å². The molecule has 0 radical (unpaired) electrons. The third-order valence-electron chi connectivity index (χ3n) is 3.87. The van der Waals surface area contributed by atoms with Crippen LogP contribution in [0.4, 0.5) is 5.69 Å². The predicted octanol–water partition coefficient (Wildman–Crippen LogP) is 2.07. The SMILES string of the molecule is Cc1cccc(NC(=O)CN2CCC(C(=O)O)C2)c1C.Cl. The second-order valence-corrected chi connectivity index (χ2v) is 5.35. The Balaban J connectivity index is 0.00000220. The standard InChI is InChI=1S/C15H20N2O3.ClH/c1-10-4-3-5-13(11(10)2)16-14(18)9-17-7-6-12(8-17)15(19)20;/h3-5,12H,6-9H2,1-2H3,(H,16,18)(H,19,20);1H. The first-order valence-electron chi connectivity index (χ1n) is 6.78. The fraction of sp³-hybridized carbons (Fsp3) is 0.467. The van der Waals surface area contributed by atoms with E-state index in [1.807, 2.05) is 36.9 Å². The molecule has 1 fully saturated rings. The van der Waals surface area contributed by atoms with E-state index < -0.39 is 5.97 Å². The second-order valence-electron chi connectivity index (χ2n) is 5.35. The largest absolute Gasteiger partial charge is 0.481 e. The van der Waals surface area contributed by atoms with Crippen molar-refractivity contribution >= 4 is 30.0 Å². The molecule has 21 heavy (non-hydrogen) atoms. The van der Waals surface area contributed by atoms with Crippen molar-refractivity contribution < 1.29 is 14.7 Å². The number of aliphatic carboxylic acids is 1. The van der Waals surface area contributed by atoms with Gasteiger partial charge in [-0.05, 0) is 44.0 Å². The maximum atomic E-state index is 12.0. The molecule has 1 aromatic rings. The maximum Gasteiger partial charge on any atom is 0.307 e. The van der Waals surface area contributed by atoms with Gasteiger partial charge in [-0.3, -0.25) is 14.5 Å². The summed E-state index contributed by atoms with van der Waals surface area (Å²) in [6, 6.07) is 5.79. The molecule has 0 aliphatic carbocycles. The van der Waals surface area contributed by atoms with Gasteiger partial charge in [0.05, 0.1) is 12.5 Å². The maximum absolute atomic E-state index is 12.0. The van der Waals surface area contributed by atoms with Crippen LogP contribution in [0, 0.1) is 19.8 Å². The summed E-state index contributed by atoms with van der Waals surface area (Å²) in [5.74, 6) is -1.21. The molecular formula is C15H21ClN2O3. The monoisotopic (exact) mass is 312 g/mol. The molecule has 116 valence electrons. The molecule has 0 saturated carbocycles. The van der Waals surface area contributed by atoms with Crippen molar-refractivity contribution in [3.63, 3.8) is 0 Å². The molecule has 1 aliphatic rings. The van der Waals surface area contributed by atoms with E-state index in [2.05, 4.69) is 5.32 Å². The van der Waals surface area contributed by atoms with Crippen LogP contribution in [-0.4, -0.2) is 41.5 Å². The van der Waals surface area contributed by atoms with Crippen LogP contribution in [0.5, 0.6) is 0 Å². The zero-order chi connectivity index (χ0) is 14.7. The fourth-order valence-electron chi connectivity index (χ4n) is 2.46. The number of carbonyl (C=O) groups excluding carboxylic acids is 1. The minimum atomic E-state index is -0.776. The number of nitrogens with zero attached hydrogens (tertiary/aromatic N) is 1. The average Bonchev–Trinajstić information content (AvgIpc) is 2.83. The highest BCUT2D eigenvalue weighted by Crippen LogP contribution is 2.19. The first-order valence-corrected chi connectivity index (χ1v) is 6.78. The summed E-state index contributed by atoms with van der Waals surface area (Å²) >= 11 is 0. The highest BCUT2D eigenvalue weighted by molar-refractivity contribution is 5.93. The van der Waals surface area contributed by atoms with E-state index in [1.165, 1.54) is 0 Å². The Bertz CT molecular complexity index is 534. The van der Waals surface area contributed by atoms with E-state index in [-0.39, 0.29) is 30.8 Å². The predicted molar refractivity (Wildman–Crippen MR) is 84.0 cm³/mol. The van der Waals surface area contributed by atoms with E-state index in [1.54, 1.807) is 0 Å². The molecule has 1 saturated heterocycles. The number of halogens is 1. The third kappa shape index (κ3) is 4.44. The first-order chi connectivity index (χ1) is 9.47. The summed E-state index contributed by atoms with van der Waals surface area (Å²) in [6.45, 7) is 5.34. The number of nitrogens with one attached hydrogen (secondary N) is 1. The smallest absolute Gasteiger partial charge is 0.307 e. The Hall–Kier alpha value is -1.59. The molecule has 1 heterocycles. The number of amides is 1. The lowest BCUT2D eigenvalue weighted by atomic mass is 10.1. The zero-order valence-corrected chi connectivity index (χ0v) is 13.1. The fourth-order valence-corrected chi connectivity index (χ4v) is 2.46. The lowest BCUT2D eigenvalue weighted by Crippen LogP contribution is -2.32. The summed E-state index contributed by atoms with van der Waals surface area (Å²) in [5.41, 5.74) is 3.02. The van der Waals surface area contributed by atoms with Crippen molar-refractivity contribution in [3.8, 4) is 0 Å². The van der Waals surface area contributed by atoms with E-state index in [0.29, 0.717) is 19.5 Å².